The zero-order valence-electron chi connectivity index (χ0n) is 5.07. The minimum atomic E-state index is -4.91. The van der Waals surface area contributed by atoms with Gasteiger partial charge in [0, 0.05) is 6.08 Å². The Balaban J connectivity index is 0. The third-order valence-electron chi connectivity index (χ3n) is 0.475. The molecule has 0 unspecified atom stereocenters. The molecular formula is C4HF3NNaO. The third kappa shape index (κ3) is 4.68. The van der Waals surface area contributed by atoms with Crippen molar-refractivity contribution in [2.45, 2.75) is 6.18 Å². The van der Waals surface area contributed by atoms with E-state index in [1.807, 2.05) is 0 Å². The van der Waals surface area contributed by atoms with E-state index in [4.69, 9.17) is 5.26 Å². The molecule has 0 bridgehead atoms. The monoisotopic (exact) mass is 159 g/mol. The molecule has 0 radical (unpaired) electrons. The summed E-state index contributed by atoms with van der Waals surface area (Å²) >= 11 is 0. The minimum absolute atomic E-state index is 0. The Hall–Kier alpha value is -0.180. The fraction of sp³-hybridized carbons (Fsp3) is 0.250. The number of allylic oxidation sites excluding steroid dienone is 2. The van der Waals surface area contributed by atoms with Crippen LogP contribution in [0.25, 0.3) is 0 Å². The molecule has 0 amide bonds. The molecule has 0 saturated carbocycles. The van der Waals surface area contributed by atoms with Crippen molar-refractivity contribution in [3.05, 3.63) is 11.8 Å². The topological polar surface area (TPSA) is 46.8 Å². The Morgan fingerprint density at radius 1 is 1.50 bits per heavy atom. The van der Waals surface area contributed by atoms with Crippen LogP contribution in [0, 0.1) is 11.3 Å². The number of hydrogen-bond donors (Lipinski definition) is 0. The van der Waals surface area contributed by atoms with Crippen molar-refractivity contribution in [3.8, 4) is 6.07 Å². The minimum Gasteiger partial charge on any atom is -0.869 e. The van der Waals surface area contributed by atoms with Crippen LogP contribution in [0.4, 0.5) is 13.2 Å². The number of nitrogens with zero attached hydrogens (tertiary/aromatic N) is 1. The molecule has 0 aromatic rings. The second-order valence-corrected chi connectivity index (χ2v) is 1.14. The predicted octanol–water partition coefficient (Wildman–Crippen LogP) is -2.68. The van der Waals surface area contributed by atoms with E-state index in [9.17, 15) is 18.3 Å². The molecule has 6 heteroatoms. The summed E-state index contributed by atoms with van der Waals surface area (Å²) in [7, 11) is 0. The van der Waals surface area contributed by atoms with Crippen molar-refractivity contribution in [2.75, 3.05) is 0 Å². The number of nitriles is 1. The zero-order valence-corrected chi connectivity index (χ0v) is 7.07. The first-order valence-corrected chi connectivity index (χ1v) is 1.82. The van der Waals surface area contributed by atoms with E-state index in [1.54, 1.807) is 0 Å². The molecule has 50 valence electrons. The molecule has 10 heavy (non-hydrogen) atoms. The van der Waals surface area contributed by atoms with Gasteiger partial charge in [0.2, 0.25) is 0 Å². The average Bonchev–Trinajstić information content (AvgIpc) is 1.64. The fourth-order valence-corrected chi connectivity index (χ4v) is 0.140. The Labute approximate surface area is 77.2 Å². The summed E-state index contributed by atoms with van der Waals surface area (Å²) in [6.07, 6.45) is -4.99. The number of rotatable bonds is 0. The van der Waals surface area contributed by atoms with Gasteiger partial charge in [0.1, 0.15) is 0 Å². The van der Waals surface area contributed by atoms with Gasteiger partial charge in [-0.05, 0) is 5.76 Å². The van der Waals surface area contributed by atoms with Crippen LogP contribution < -0.4 is 34.7 Å². The van der Waals surface area contributed by atoms with Gasteiger partial charge in [0.25, 0.3) is 0 Å². The summed E-state index contributed by atoms with van der Waals surface area (Å²) < 4.78 is 33.3. The van der Waals surface area contributed by atoms with Crippen LogP contribution in [-0.4, -0.2) is 6.18 Å². The SMILES string of the molecule is N#C/C=C(/[O-])C(F)(F)F.[Na+]. The van der Waals surface area contributed by atoms with E-state index in [0.717, 1.165) is 6.07 Å². The Morgan fingerprint density at radius 2 is 1.90 bits per heavy atom. The molecule has 0 aliphatic rings. The standard InChI is InChI=1S/C4H2F3NO.Na/c5-4(6,7)3(9)1-2-8;/h1,9H;/q;+1/p-1/b3-1+;. The smallest absolute Gasteiger partial charge is 0.869 e. The molecule has 0 aliphatic heterocycles. The van der Waals surface area contributed by atoms with Crippen LogP contribution in [0.5, 0.6) is 0 Å². The van der Waals surface area contributed by atoms with E-state index in [2.05, 4.69) is 0 Å². The molecule has 2 nitrogen and oxygen atoms in total. The summed E-state index contributed by atoms with van der Waals surface area (Å²) in [5.74, 6) is -2.12. The van der Waals surface area contributed by atoms with Gasteiger partial charge in [-0.25, -0.2) is 0 Å². The molecule has 0 aromatic carbocycles. The molecule has 0 heterocycles. The molecule has 0 atom stereocenters. The molecule has 0 N–H and O–H groups in total. The first kappa shape index (κ1) is 12.5. The summed E-state index contributed by atoms with van der Waals surface area (Å²) in [6.45, 7) is 0. The summed E-state index contributed by atoms with van der Waals surface area (Å²) in [6, 6.07) is 0.979. The van der Waals surface area contributed by atoms with Crippen LogP contribution in [0.1, 0.15) is 0 Å². The molecular weight excluding hydrogens is 158 g/mol. The summed E-state index contributed by atoms with van der Waals surface area (Å²) in [5, 5.41) is 17.2. The maximum atomic E-state index is 11.1. The second-order valence-electron chi connectivity index (χ2n) is 1.14. The van der Waals surface area contributed by atoms with Crippen molar-refractivity contribution in [1.29, 1.82) is 5.26 Å². The van der Waals surface area contributed by atoms with Crippen molar-refractivity contribution in [2.24, 2.45) is 0 Å². The van der Waals surface area contributed by atoms with Crippen molar-refractivity contribution in [1.82, 2.24) is 0 Å². The molecule has 0 fully saturated rings. The normalized spacial score (nSPS) is 11.6. The van der Waals surface area contributed by atoms with Gasteiger partial charge in [-0.1, -0.05) is 0 Å². The van der Waals surface area contributed by atoms with E-state index in [1.165, 1.54) is 0 Å². The molecule has 0 saturated heterocycles. The van der Waals surface area contributed by atoms with Crippen LogP contribution in [0.3, 0.4) is 0 Å². The van der Waals surface area contributed by atoms with Gasteiger partial charge in [-0.2, -0.15) is 18.4 Å². The Morgan fingerprint density at radius 3 is 2.00 bits per heavy atom. The van der Waals surface area contributed by atoms with E-state index in [-0.39, 0.29) is 35.6 Å². The molecule has 0 aromatic heterocycles. The molecule has 0 spiro atoms. The van der Waals surface area contributed by atoms with E-state index >= 15 is 0 Å². The fourth-order valence-electron chi connectivity index (χ4n) is 0.140. The van der Waals surface area contributed by atoms with Crippen molar-refractivity contribution < 1.29 is 47.8 Å². The Bertz CT molecular complexity index is 168. The summed E-state index contributed by atoms with van der Waals surface area (Å²) in [5.41, 5.74) is 0. The summed E-state index contributed by atoms with van der Waals surface area (Å²) in [4.78, 5) is 0. The first-order chi connectivity index (χ1) is 3.98. The van der Waals surface area contributed by atoms with Crippen LogP contribution in [0.15, 0.2) is 11.8 Å². The quantitative estimate of drug-likeness (QED) is 0.220. The van der Waals surface area contributed by atoms with E-state index < -0.39 is 11.9 Å². The van der Waals surface area contributed by atoms with Gasteiger partial charge in [0.05, 0.1) is 6.07 Å². The maximum Gasteiger partial charge on any atom is 1.00 e. The van der Waals surface area contributed by atoms with Gasteiger partial charge >= 0.3 is 35.7 Å². The van der Waals surface area contributed by atoms with Gasteiger partial charge in [-0.15, -0.1) is 0 Å². The Kier molecular flexibility index (Phi) is 5.76. The predicted molar refractivity (Wildman–Crippen MR) is 19.8 cm³/mol. The van der Waals surface area contributed by atoms with E-state index in [0.29, 0.717) is 0 Å². The zero-order chi connectivity index (χ0) is 7.49. The average molecular weight is 159 g/mol. The third-order valence-corrected chi connectivity index (χ3v) is 0.475. The maximum absolute atomic E-state index is 11.1. The number of alkyl halides is 3. The first-order valence-electron chi connectivity index (χ1n) is 1.82. The molecule has 0 aliphatic carbocycles. The van der Waals surface area contributed by atoms with Gasteiger partial charge in [0.15, 0.2) is 0 Å². The second kappa shape index (κ2) is 4.61. The van der Waals surface area contributed by atoms with Crippen molar-refractivity contribution >= 4 is 0 Å². The van der Waals surface area contributed by atoms with Crippen molar-refractivity contribution in [3.63, 3.8) is 0 Å². The number of hydrogen-bond acceptors (Lipinski definition) is 2. The van der Waals surface area contributed by atoms with Crippen LogP contribution >= 0.6 is 0 Å². The van der Waals surface area contributed by atoms with Gasteiger partial charge < -0.3 is 5.11 Å². The molecule has 0 rings (SSSR count). The van der Waals surface area contributed by atoms with Gasteiger partial charge in [-0.3, -0.25) is 0 Å². The van der Waals surface area contributed by atoms with Crippen LogP contribution in [0.2, 0.25) is 0 Å². The van der Waals surface area contributed by atoms with Crippen LogP contribution in [-0.2, 0) is 0 Å². The largest absolute Gasteiger partial charge is 1.00 e. The number of halogens is 3.